The van der Waals surface area contributed by atoms with Crippen molar-refractivity contribution in [3.8, 4) is 0 Å². The number of hydrogen-bond acceptors (Lipinski definition) is 3. The van der Waals surface area contributed by atoms with E-state index in [1.54, 1.807) is 12.4 Å². The number of alkyl halides is 1. The summed E-state index contributed by atoms with van der Waals surface area (Å²) < 4.78 is 14.5. The Labute approximate surface area is 87.6 Å². The van der Waals surface area contributed by atoms with Gasteiger partial charge in [0, 0.05) is 11.3 Å². The number of thiazole rings is 1. The topological polar surface area (TPSA) is 24.9 Å². The zero-order valence-electron chi connectivity index (χ0n) is 8.29. The Bertz CT molecular complexity index is 278. The Morgan fingerprint density at radius 3 is 2.86 bits per heavy atom. The first kappa shape index (κ1) is 10.1. The molecule has 1 aliphatic rings. The van der Waals surface area contributed by atoms with Gasteiger partial charge in [-0.2, -0.15) is 0 Å². The van der Waals surface area contributed by atoms with Gasteiger partial charge in [0.05, 0.1) is 11.2 Å². The molecule has 78 valence electrons. The second kappa shape index (κ2) is 3.95. The molecule has 2 heterocycles. The molecule has 14 heavy (non-hydrogen) atoms. The standard InChI is InChI=1S/C10H15FN2S/c1-10(11,9-6-14-7-13-9)8-2-4-12-5-3-8/h6-8,12H,2-5H2,1H3. The lowest BCUT2D eigenvalue weighted by atomic mass is 9.82. The second-order valence-electron chi connectivity index (χ2n) is 3.97. The summed E-state index contributed by atoms with van der Waals surface area (Å²) in [5, 5.41) is 5.07. The van der Waals surface area contributed by atoms with Crippen LogP contribution in [0.1, 0.15) is 25.5 Å². The van der Waals surface area contributed by atoms with E-state index in [0.29, 0.717) is 5.69 Å². The Hall–Kier alpha value is -0.480. The minimum atomic E-state index is -1.25. The van der Waals surface area contributed by atoms with Crippen LogP contribution in [0.4, 0.5) is 4.39 Å². The van der Waals surface area contributed by atoms with Crippen molar-refractivity contribution >= 4 is 11.3 Å². The van der Waals surface area contributed by atoms with E-state index < -0.39 is 5.67 Å². The number of hydrogen-bond donors (Lipinski definition) is 1. The molecule has 4 heteroatoms. The van der Waals surface area contributed by atoms with Crippen LogP contribution in [0.5, 0.6) is 0 Å². The van der Waals surface area contributed by atoms with Crippen molar-refractivity contribution in [3.05, 3.63) is 16.6 Å². The molecule has 0 radical (unpaired) electrons. The molecule has 0 saturated carbocycles. The maximum atomic E-state index is 14.5. The van der Waals surface area contributed by atoms with Crippen molar-refractivity contribution < 1.29 is 4.39 Å². The number of rotatable bonds is 2. The van der Waals surface area contributed by atoms with Gasteiger partial charge in [0.1, 0.15) is 0 Å². The first-order valence-corrected chi connectivity index (χ1v) is 5.94. The highest BCUT2D eigenvalue weighted by molar-refractivity contribution is 7.07. The van der Waals surface area contributed by atoms with E-state index in [9.17, 15) is 4.39 Å². The third-order valence-corrected chi connectivity index (χ3v) is 3.63. The van der Waals surface area contributed by atoms with E-state index >= 15 is 0 Å². The summed E-state index contributed by atoms with van der Waals surface area (Å²) in [6, 6.07) is 0. The van der Waals surface area contributed by atoms with Crippen LogP contribution in [0.2, 0.25) is 0 Å². The summed E-state index contributed by atoms with van der Waals surface area (Å²) in [6.45, 7) is 3.51. The molecule has 1 saturated heterocycles. The van der Waals surface area contributed by atoms with Crippen molar-refractivity contribution in [1.29, 1.82) is 0 Å². The van der Waals surface area contributed by atoms with Crippen LogP contribution in [0.15, 0.2) is 10.9 Å². The van der Waals surface area contributed by atoms with E-state index in [-0.39, 0.29) is 5.92 Å². The predicted molar refractivity (Wildman–Crippen MR) is 56.2 cm³/mol. The fourth-order valence-electron chi connectivity index (χ4n) is 2.03. The van der Waals surface area contributed by atoms with Crippen LogP contribution in [0.3, 0.4) is 0 Å². The molecule has 1 atom stereocenters. The van der Waals surface area contributed by atoms with Crippen LogP contribution in [-0.2, 0) is 5.67 Å². The molecular weight excluding hydrogens is 199 g/mol. The number of nitrogens with one attached hydrogen (secondary N) is 1. The van der Waals surface area contributed by atoms with Crippen molar-refractivity contribution in [3.63, 3.8) is 0 Å². The van der Waals surface area contributed by atoms with Crippen molar-refractivity contribution in [2.75, 3.05) is 13.1 Å². The predicted octanol–water partition coefficient (Wildman–Crippen LogP) is 2.33. The van der Waals surface area contributed by atoms with Gasteiger partial charge < -0.3 is 5.32 Å². The maximum absolute atomic E-state index is 14.5. The summed E-state index contributed by atoms with van der Waals surface area (Å²) in [5.41, 5.74) is 1.06. The maximum Gasteiger partial charge on any atom is 0.153 e. The first-order valence-electron chi connectivity index (χ1n) is 4.99. The van der Waals surface area contributed by atoms with Crippen LogP contribution in [0.25, 0.3) is 0 Å². The summed E-state index contributed by atoms with van der Waals surface area (Å²) in [4.78, 5) is 4.09. The Kier molecular flexibility index (Phi) is 2.83. The molecule has 2 rings (SSSR count). The molecular formula is C10H15FN2S. The molecule has 1 aromatic heterocycles. The van der Waals surface area contributed by atoms with Gasteiger partial charge in [-0.3, -0.25) is 0 Å². The SMILES string of the molecule is CC(F)(c1cscn1)C1CCNCC1. The van der Waals surface area contributed by atoms with Gasteiger partial charge in [-0.1, -0.05) is 0 Å². The second-order valence-corrected chi connectivity index (χ2v) is 4.69. The summed E-state index contributed by atoms with van der Waals surface area (Å²) in [5.74, 6) is 0.117. The van der Waals surface area contributed by atoms with Crippen molar-refractivity contribution in [2.24, 2.45) is 5.92 Å². The molecule has 1 fully saturated rings. The van der Waals surface area contributed by atoms with Gasteiger partial charge in [0.2, 0.25) is 0 Å². The van der Waals surface area contributed by atoms with Crippen LogP contribution in [-0.4, -0.2) is 18.1 Å². The van der Waals surface area contributed by atoms with Gasteiger partial charge in [-0.05, 0) is 32.9 Å². The molecule has 0 spiro atoms. The molecule has 0 amide bonds. The lowest BCUT2D eigenvalue weighted by molar-refractivity contribution is 0.0734. The average molecular weight is 214 g/mol. The van der Waals surface area contributed by atoms with Gasteiger partial charge in [-0.25, -0.2) is 9.37 Å². The highest BCUT2D eigenvalue weighted by Gasteiger charge is 2.38. The van der Waals surface area contributed by atoms with E-state index in [2.05, 4.69) is 10.3 Å². The largest absolute Gasteiger partial charge is 0.317 e. The van der Waals surface area contributed by atoms with Gasteiger partial charge >= 0.3 is 0 Å². The van der Waals surface area contributed by atoms with E-state index in [1.165, 1.54) is 11.3 Å². The Morgan fingerprint density at radius 2 is 2.29 bits per heavy atom. The fourth-order valence-corrected chi connectivity index (χ4v) is 2.68. The van der Waals surface area contributed by atoms with E-state index in [4.69, 9.17) is 0 Å². The number of piperidine rings is 1. The lowest BCUT2D eigenvalue weighted by Gasteiger charge is -2.32. The Balaban J connectivity index is 2.14. The average Bonchev–Trinajstić information content (AvgIpc) is 2.72. The third-order valence-electron chi connectivity index (χ3n) is 3.04. The van der Waals surface area contributed by atoms with Crippen LogP contribution >= 0.6 is 11.3 Å². The minimum absolute atomic E-state index is 0.117. The zero-order chi connectivity index (χ0) is 10.0. The van der Waals surface area contributed by atoms with Crippen LogP contribution in [0, 0.1) is 5.92 Å². The zero-order valence-corrected chi connectivity index (χ0v) is 9.11. The monoisotopic (exact) mass is 214 g/mol. The molecule has 1 unspecified atom stereocenters. The van der Waals surface area contributed by atoms with Gasteiger partial charge in [0.15, 0.2) is 5.67 Å². The molecule has 0 aromatic carbocycles. The highest BCUT2D eigenvalue weighted by Crippen LogP contribution is 2.38. The Morgan fingerprint density at radius 1 is 1.57 bits per heavy atom. The molecule has 1 aliphatic heterocycles. The smallest absolute Gasteiger partial charge is 0.153 e. The summed E-state index contributed by atoms with van der Waals surface area (Å²) in [6.07, 6.45) is 1.81. The number of halogens is 1. The normalized spacial score (nSPS) is 23.3. The third kappa shape index (κ3) is 1.81. The number of nitrogens with zero attached hydrogens (tertiary/aromatic N) is 1. The molecule has 0 bridgehead atoms. The summed E-state index contributed by atoms with van der Waals surface area (Å²) in [7, 11) is 0. The van der Waals surface area contributed by atoms with Crippen molar-refractivity contribution in [1.82, 2.24) is 10.3 Å². The quantitative estimate of drug-likeness (QED) is 0.817. The molecule has 2 nitrogen and oxygen atoms in total. The summed E-state index contributed by atoms with van der Waals surface area (Å²) >= 11 is 1.46. The van der Waals surface area contributed by atoms with Crippen LogP contribution < -0.4 is 5.32 Å². The van der Waals surface area contributed by atoms with Gasteiger partial charge in [0.25, 0.3) is 0 Å². The molecule has 0 aliphatic carbocycles. The van der Waals surface area contributed by atoms with Crippen molar-refractivity contribution in [2.45, 2.75) is 25.4 Å². The highest BCUT2D eigenvalue weighted by atomic mass is 32.1. The molecule has 1 N–H and O–H groups in total. The minimum Gasteiger partial charge on any atom is -0.317 e. The van der Waals surface area contributed by atoms with Gasteiger partial charge in [-0.15, -0.1) is 11.3 Å². The fraction of sp³-hybridized carbons (Fsp3) is 0.700. The van der Waals surface area contributed by atoms with E-state index in [1.807, 2.05) is 5.38 Å². The lowest BCUT2D eigenvalue weighted by Crippen LogP contribution is -2.37. The number of aromatic nitrogens is 1. The first-order chi connectivity index (χ1) is 6.71. The van der Waals surface area contributed by atoms with E-state index in [0.717, 1.165) is 25.9 Å². The molecule has 1 aromatic rings.